The molecule has 0 bridgehead atoms. The summed E-state index contributed by atoms with van der Waals surface area (Å²) in [6.07, 6.45) is -0.408. The zero-order valence-corrected chi connectivity index (χ0v) is 10.4. The molecule has 1 aromatic rings. The minimum absolute atomic E-state index is 0.104. The van der Waals surface area contributed by atoms with E-state index in [0.717, 1.165) is 0 Å². The topological polar surface area (TPSA) is 80.7 Å². The van der Waals surface area contributed by atoms with Gasteiger partial charge in [0.05, 0.1) is 23.7 Å². The van der Waals surface area contributed by atoms with Gasteiger partial charge in [-0.15, -0.1) is 0 Å². The summed E-state index contributed by atoms with van der Waals surface area (Å²) < 4.78 is 28.8. The van der Waals surface area contributed by atoms with Crippen LogP contribution in [0.2, 0.25) is 0 Å². The number of hydrogen-bond acceptors (Lipinski definition) is 4. The zero-order valence-electron chi connectivity index (χ0n) is 9.58. The molecule has 0 saturated carbocycles. The molecule has 1 rings (SSSR count). The highest BCUT2D eigenvalue weighted by atomic mass is 32.2. The predicted molar refractivity (Wildman–Crippen MR) is 61.9 cm³/mol. The van der Waals surface area contributed by atoms with E-state index in [0.29, 0.717) is 5.75 Å². The predicted octanol–water partition coefficient (Wildman–Crippen LogP) is 1.33. The van der Waals surface area contributed by atoms with E-state index < -0.39 is 27.5 Å². The van der Waals surface area contributed by atoms with Crippen LogP contribution in [0.1, 0.15) is 13.3 Å². The number of carboxylic acids is 1. The van der Waals surface area contributed by atoms with Crippen LogP contribution in [-0.4, -0.2) is 31.9 Å². The molecule has 94 valence electrons. The Bertz CT molecular complexity index is 489. The van der Waals surface area contributed by atoms with Crippen molar-refractivity contribution in [2.24, 2.45) is 0 Å². The van der Waals surface area contributed by atoms with Crippen molar-refractivity contribution in [1.82, 2.24) is 0 Å². The zero-order chi connectivity index (χ0) is 13.1. The number of sulfone groups is 1. The molecule has 0 spiro atoms. The average Bonchev–Trinajstić information content (AvgIpc) is 2.28. The monoisotopic (exact) mass is 258 g/mol. The number of aliphatic carboxylic acids is 1. The first kappa shape index (κ1) is 13.5. The highest BCUT2D eigenvalue weighted by Crippen LogP contribution is 2.21. The van der Waals surface area contributed by atoms with Gasteiger partial charge in [0.15, 0.2) is 9.84 Å². The number of benzene rings is 1. The van der Waals surface area contributed by atoms with Gasteiger partial charge >= 0.3 is 5.97 Å². The van der Waals surface area contributed by atoms with Crippen molar-refractivity contribution in [3.05, 3.63) is 24.3 Å². The summed E-state index contributed by atoms with van der Waals surface area (Å²) in [6, 6.07) is 5.87. The minimum Gasteiger partial charge on any atom is -0.497 e. The Morgan fingerprint density at radius 3 is 2.29 bits per heavy atom. The normalized spacial score (nSPS) is 13.1. The van der Waals surface area contributed by atoms with Gasteiger partial charge in [0.25, 0.3) is 0 Å². The van der Waals surface area contributed by atoms with Gasteiger partial charge in [0.2, 0.25) is 0 Å². The molecule has 1 atom stereocenters. The summed E-state index contributed by atoms with van der Waals surface area (Å²) in [6.45, 7) is 1.38. The fourth-order valence-electron chi connectivity index (χ4n) is 1.35. The fourth-order valence-corrected chi connectivity index (χ4v) is 2.70. The third-order valence-corrected chi connectivity index (χ3v) is 4.54. The number of hydrogen-bond donors (Lipinski definition) is 1. The van der Waals surface area contributed by atoms with Crippen LogP contribution in [0.5, 0.6) is 5.75 Å². The SMILES string of the molecule is COc1ccc(S(=O)(=O)C(C)CC(=O)O)cc1. The van der Waals surface area contributed by atoms with Crippen molar-refractivity contribution in [1.29, 1.82) is 0 Å². The van der Waals surface area contributed by atoms with Crippen LogP contribution < -0.4 is 4.74 Å². The molecule has 0 fully saturated rings. The molecule has 0 radical (unpaired) electrons. The van der Waals surface area contributed by atoms with Crippen LogP contribution in [0.15, 0.2) is 29.2 Å². The van der Waals surface area contributed by atoms with E-state index in [1.807, 2.05) is 0 Å². The standard InChI is InChI=1S/C11H14O5S/c1-8(7-11(12)13)17(14,15)10-5-3-9(16-2)4-6-10/h3-6,8H,7H2,1-2H3,(H,12,13). The number of methoxy groups -OCH3 is 1. The summed E-state index contributed by atoms with van der Waals surface area (Å²) in [5, 5.41) is 7.64. The molecule has 0 aliphatic heterocycles. The van der Waals surface area contributed by atoms with E-state index in [1.165, 1.54) is 38.3 Å². The Hall–Kier alpha value is -1.56. The van der Waals surface area contributed by atoms with Crippen molar-refractivity contribution >= 4 is 15.8 Å². The first-order valence-corrected chi connectivity index (χ1v) is 6.52. The van der Waals surface area contributed by atoms with Crippen LogP contribution in [0.25, 0.3) is 0 Å². The molecule has 0 saturated heterocycles. The van der Waals surface area contributed by atoms with Crippen molar-refractivity contribution < 1.29 is 23.1 Å². The van der Waals surface area contributed by atoms with Gasteiger partial charge in [-0.05, 0) is 31.2 Å². The number of carbonyl (C=O) groups is 1. The van der Waals surface area contributed by atoms with Gasteiger partial charge < -0.3 is 9.84 Å². The molecular weight excluding hydrogens is 244 g/mol. The first-order valence-electron chi connectivity index (χ1n) is 4.97. The summed E-state index contributed by atoms with van der Waals surface area (Å²) in [5.41, 5.74) is 0. The first-order chi connectivity index (χ1) is 7.87. The Balaban J connectivity index is 3.00. The van der Waals surface area contributed by atoms with Crippen molar-refractivity contribution in [2.45, 2.75) is 23.5 Å². The number of carboxylic acid groups (broad SMARTS) is 1. The summed E-state index contributed by atoms with van der Waals surface area (Å²) in [4.78, 5) is 10.6. The van der Waals surface area contributed by atoms with Crippen molar-refractivity contribution in [2.75, 3.05) is 7.11 Å². The van der Waals surface area contributed by atoms with Crippen LogP contribution in [0.3, 0.4) is 0 Å². The molecule has 0 aliphatic carbocycles. The van der Waals surface area contributed by atoms with E-state index >= 15 is 0 Å². The van der Waals surface area contributed by atoms with Crippen molar-refractivity contribution in [3.8, 4) is 5.75 Å². The third-order valence-electron chi connectivity index (χ3n) is 2.38. The van der Waals surface area contributed by atoms with E-state index in [4.69, 9.17) is 9.84 Å². The smallest absolute Gasteiger partial charge is 0.304 e. The lowest BCUT2D eigenvalue weighted by atomic mass is 10.3. The summed E-state index contributed by atoms with van der Waals surface area (Å²) >= 11 is 0. The molecular formula is C11H14O5S. The largest absolute Gasteiger partial charge is 0.497 e. The lowest BCUT2D eigenvalue weighted by Crippen LogP contribution is -2.21. The molecule has 1 unspecified atom stereocenters. The van der Waals surface area contributed by atoms with Crippen LogP contribution in [-0.2, 0) is 14.6 Å². The van der Waals surface area contributed by atoms with E-state index in [2.05, 4.69) is 0 Å². The minimum atomic E-state index is -3.60. The number of ether oxygens (including phenoxy) is 1. The Morgan fingerprint density at radius 1 is 1.35 bits per heavy atom. The molecule has 6 heteroatoms. The maximum Gasteiger partial charge on any atom is 0.304 e. The molecule has 0 heterocycles. The van der Waals surface area contributed by atoms with E-state index in [-0.39, 0.29) is 4.90 Å². The van der Waals surface area contributed by atoms with Crippen LogP contribution in [0.4, 0.5) is 0 Å². The molecule has 1 N–H and O–H groups in total. The average molecular weight is 258 g/mol. The van der Waals surface area contributed by atoms with Gasteiger partial charge in [0.1, 0.15) is 5.75 Å². The highest BCUT2D eigenvalue weighted by molar-refractivity contribution is 7.92. The maximum absolute atomic E-state index is 12.0. The Morgan fingerprint density at radius 2 is 1.88 bits per heavy atom. The van der Waals surface area contributed by atoms with Gasteiger partial charge in [-0.3, -0.25) is 4.79 Å². The Labute approximate surface area is 100.0 Å². The van der Waals surface area contributed by atoms with E-state index in [1.54, 1.807) is 0 Å². The Kier molecular flexibility index (Phi) is 4.11. The highest BCUT2D eigenvalue weighted by Gasteiger charge is 2.25. The van der Waals surface area contributed by atoms with E-state index in [9.17, 15) is 13.2 Å². The summed E-state index contributed by atoms with van der Waals surface area (Å²) in [7, 11) is -2.11. The van der Waals surface area contributed by atoms with Crippen molar-refractivity contribution in [3.63, 3.8) is 0 Å². The summed E-state index contributed by atoms with van der Waals surface area (Å²) in [5.74, 6) is -0.579. The molecule has 0 amide bonds. The second kappa shape index (κ2) is 5.18. The van der Waals surface area contributed by atoms with Gasteiger partial charge in [0, 0.05) is 0 Å². The van der Waals surface area contributed by atoms with Gasteiger partial charge in [-0.25, -0.2) is 8.42 Å². The van der Waals surface area contributed by atoms with Crippen LogP contribution >= 0.6 is 0 Å². The molecule has 1 aromatic carbocycles. The third kappa shape index (κ3) is 3.20. The lowest BCUT2D eigenvalue weighted by Gasteiger charge is -2.11. The maximum atomic E-state index is 12.0. The van der Waals surface area contributed by atoms with Gasteiger partial charge in [-0.2, -0.15) is 0 Å². The van der Waals surface area contributed by atoms with Crippen LogP contribution in [0, 0.1) is 0 Å². The molecule has 17 heavy (non-hydrogen) atoms. The fraction of sp³-hybridized carbons (Fsp3) is 0.364. The number of rotatable bonds is 5. The molecule has 5 nitrogen and oxygen atoms in total. The second-order valence-electron chi connectivity index (χ2n) is 3.63. The second-order valence-corrected chi connectivity index (χ2v) is 6.00. The van der Waals surface area contributed by atoms with Gasteiger partial charge in [-0.1, -0.05) is 0 Å². The quantitative estimate of drug-likeness (QED) is 0.861. The molecule has 0 aliphatic rings. The molecule has 0 aromatic heterocycles. The lowest BCUT2D eigenvalue weighted by molar-refractivity contribution is -0.136.